The Labute approximate surface area is 93.2 Å². The van der Waals surface area contributed by atoms with Gasteiger partial charge in [-0.3, -0.25) is 0 Å². The molecular weight excluding hydrogens is 277 g/mol. The second kappa shape index (κ2) is 10.7. The Balaban J connectivity index is 0. The van der Waals surface area contributed by atoms with E-state index < -0.39 is 25.4 Å². The van der Waals surface area contributed by atoms with Crippen LogP contribution in [0.15, 0.2) is 0 Å². The SMILES string of the molecule is CCC[CH2][SnH].NC(CO)(CO)CO. The summed E-state index contributed by atoms with van der Waals surface area (Å²) in [5.41, 5.74) is 3.94. The molecule has 0 aliphatic carbocycles. The average molecular weight is 298 g/mol. The van der Waals surface area contributed by atoms with Crippen molar-refractivity contribution in [3.05, 3.63) is 0 Å². The second-order valence-electron chi connectivity index (χ2n) is 2.98. The van der Waals surface area contributed by atoms with Crippen LogP contribution in [0.1, 0.15) is 19.8 Å². The van der Waals surface area contributed by atoms with E-state index in [1.54, 1.807) is 0 Å². The molecule has 2 radical (unpaired) electrons. The van der Waals surface area contributed by atoms with Crippen LogP contribution in [0, 0.1) is 0 Å². The molecule has 0 aromatic rings. The minimum Gasteiger partial charge on any atom is -0.394 e. The van der Waals surface area contributed by atoms with Crippen LogP contribution in [0.2, 0.25) is 4.44 Å². The first-order valence-corrected chi connectivity index (χ1v) is 6.74. The van der Waals surface area contributed by atoms with Crippen molar-refractivity contribution < 1.29 is 15.3 Å². The summed E-state index contributed by atoms with van der Waals surface area (Å²) in [5, 5.41) is 25.0. The number of aliphatic hydroxyl groups is 3. The number of rotatable bonds is 5. The number of hydrogen-bond acceptors (Lipinski definition) is 4. The molecular formula is C8H21NO3Sn. The summed E-state index contributed by atoms with van der Waals surface area (Å²) in [6, 6.07) is 0. The van der Waals surface area contributed by atoms with Gasteiger partial charge in [0.05, 0.1) is 25.4 Å². The van der Waals surface area contributed by atoms with E-state index in [-0.39, 0.29) is 0 Å². The zero-order chi connectivity index (χ0) is 10.7. The first-order chi connectivity index (χ1) is 6.10. The average Bonchev–Trinajstić information content (AvgIpc) is 2.19. The fraction of sp³-hybridized carbons (Fsp3) is 1.00. The maximum Gasteiger partial charge on any atom is 0.0856 e. The van der Waals surface area contributed by atoms with Crippen LogP contribution in [0.4, 0.5) is 0 Å². The van der Waals surface area contributed by atoms with Crippen molar-refractivity contribution in [2.45, 2.75) is 29.7 Å². The van der Waals surface area contributed by atoms with Crippen molar-refractivity contribution in [2.24, 2.45) is 5.73 Å². The normalized spacial score (nSPS) is 10.6. The molecule has 0 saturated heterocycles. The molecule has 0 saturated carbocycles. The summed E-state index contributed by atoms with van der Waals surface area (Å²) >= 11 is 1.45. The van der Waals surface area contributed by atoms with Gasteiger partial charge in [-0.15, -0.1) is 0 Å². The van der Waals surface area contributed by atoms with Crippen LogP contribution in [0.3, 0.4) is 0 Å². The van der Waals surface area contributed by atoms with E-state index in [2.05, 4.69) is 6.92 Å². The molecule has 0 heterocycles. The number of nitrogens with two attached hydrogens (primary N) is 1. The van der Waals surface area contributed by atoms with Gasteiger partial charge in [0, 0.05) is 0 Å². The molecule has 13 heavy (non-hydrogen) atoms. The standard InChI is InChI=1S/C4H11NO3.C4H9.Sn.H/c5-4(1-6,2-7)3-8;1-3-4-2;;/h6-8H,1-3,5H2;1,3-4H2,2H3;;. The third-order valence-corrected chi connectivity index (χ3v) is 2.67. The maximum atomic E-state index is 8.34. The van der Waals surface area contributed by atoms with Crippen LogP contribution in [-0.2, 0) is 0 Å². The van der Waals surface area contributed by atoms with Gasteiger partial charge >= 0.3 is 46.7 Å². The predicted octanol–water partition coefficient (Wildman–Crippen LogP) is -1.23. The second-order valence-corrected chi connectivity index (χ2v) is 4.63. The fourth-order valence-corrected chi connectivity index (χ4v) is 1.52. The summed E-state index contributed by atoms with van der Waals surface area (Å²) in [4.78, 5) is 0. The Hall–Kier alpha value is 0.639. The molecule has 0 amide bonds. The molecule has 0 aliphatic rings. The molecule has 0 atom stereocenters. The molecule has 4 nitrogen and oxygen atoms in total. The summed E-state index contributed by atoms with van der Waals surface area (Å²) < 4.78 is 1.47. The largest absolute Gasteiger partial charge is 0.394 e. The van der Waals surface area contributed by atoms with Crippen LogP contribution >= 0.6 is 0 Å². The molecule has 0 fully saturated rings. The van der Waals surface area contributed by atoms with E-state index >= 15 is 0 Å². The summed E-state index contributed by atoms with van der Waals surface area (Å²) in [6.45, 7) is 1.02. The van der Waals surface area contributed by atoms with Gasteiger partial charge in [0.1, 0.15) is 0 Å². The molecule has 5 N–H and O–H groups in total. The summed E-state index contributed by atoms with van der Waals surface area (Å²) in [7, 11) is 0. The van der Waals surface area contributed by atoms with Crippen molar-refractivity contribution in [3.8, 4) is 0 Å². The van der Waals surface area contributed by atoms with Crippen LogP contribution in [0.5, 0.6) is 0 Å². The Morgan fingerprint density at radius 2 is 1.54 bits per heavy atom. The van der Waals surface area contributed by atoms with Crippen molar-refractivity contribution in [3.63, 3.8) is 0 Å². The first-order valence-electron chi connectivity index (χ1n) is 4.41. The van der Waals surface area contributed by atoms with Crippen molar-refractivity contribution in [2.75, 3.05) is 19.8 Å². The zero-order valence-corrected chi connectivity index (χ0v) is 11.5. The molecule has 0 unspecified atom stereocenters. The molecule has 0 aromatic heterocycles. The van der Waals surface area contributed by atoms with Gasteiger partial charge in [0.2, 0.25) is 0 Å². The van der Waals surface area contributed by atoms with Gasteiger partial charge in [-0.05, 0) is 0 Å². The molecule has 5 heteroatoms. The van der Waals surface area contributed by atoms with Crippen molar-refractivity contribution in [1.29, 1.82) is 0 Å². The van der Waals surface area contributed by atoms with E-state index in [4.69, 9.17) is 21.1 Å². The number of unbranched alkanes of at least 4 members (excludes halogenated alkanes) is 1. The third kappa shape index (κ3) is 10.6. The Kier molecular flexibility index (Phi) is 13.3. The Morgan fingerprint density at radius 3 is 1.54 bits per heavy atom. The van der Waals surface area contributed by atoms with Crippen molar-refractivity contribution in [1.82, 2.24) is 0 Å². The van der Waals surface area contributed by atoms with Gasteiger partial charge in [-0.2, -0.15) is 0 Å². The zero-order valence-electron chi connectivity index (χ0n) is 8.24. The molecule has 0 aliphatic heterocycles. The summed E-state index contributed by atoms with van der Waals surface area (Å²) in [6.07, 6.45) is 2.82. The van der Waals surface area contributed by atoms with Crippen molar-refractivity contribution >= 4 is 22.5 Å². The van der Waals surface area contributed by atoms with E-state index in [1.165, 1.54) is 39.8 Å². The molecule has 0 spiro atoms. The Bertz CT molecular complexity index is 89.1. The van der Waals surface area contributed by atoms with Gasteiger partial charge < -0.3 is 21.1 Å². The number of hydrogen-bond donors (Lipinski definition) is 4. The quantitative estimate of drug-likeness (QED) is 0.479. The van der Waals surface area contributed by atoms with Crippen LogP contribution in [0.25, 0.3) is 0 Å². The molecule has 0 aromatic carbocycles. The predicted molar refractivity (Wildman–Crippen MR) is 55.0 cm³/mol. The Morgan fingerprint density at radius 1 is 1.15 bits per heavy atom. The topological polar surface area (TPSA) is 86.7 Å². The van der Waals surface area contributed by atoms with Crippen LogP contribution < -0.4 is 5.73 Å². The fourth-order valence-electron chi connectivity index (χ4n) is 0.354. The molecule has 0 bridgehead atoms. The van der Waals surface area contributed by atoms with E-state index in [0.29, 0.717) is 0 Å². The van der Waals surface area contributed by atoms with Gasteiger partial charge in [-0.25, -0.2) is 0 Å². The molecule has 0 rings (SSSR count). The molecule has 80 valence electrons. The van der Waals surface area contributed by atoms with Gasteiger partial charge in [0.15, 0.2) is 0 Å². The minimum absolute atomic E-state index is 0.403. The van der Waals surface area contributed by atoms with Crippen LogP contribution in [-0.4, -0.2) is 63.2 Å². The van der Waals surface area contributed by atoms with Gasteiger partial charge in [0.25, 0.3) is 0 Å². The smallest absolute Gasteiger partial charge is 0.0856 e. The number of aliphatic hydroxyl groups excluding tert-OH is 3. The minimum atomic E-state index is -1.21. The van der Waals surface area contributed by atoms with Gasteiger partial charge in [-0.1, -0.05) is 0 Å². The first kappa shape index (κ1) is 16.1. The monoisotopic (exact) mass is 299 g/mol. The van der Waals surface area contributed by atoms with E-state index in [9.17, 15) is 0 Å². The van der Waals surface area contributed by atoms with E-state index in [1.807, 2.05) is 0 Å². The summed E-state index contributed by atoms with van der Waals surface area (Å²) in [5.74, 6) is 0. The third-order valence-electron chi connectivity index (χ3n) is 1.50. The maximum absolute atomic E-state index is 8.34. The van der Waals surface area contributed by atoms with E-state index in [0.717, 1.165) is 0 Å².